The van der Waals surface area contributed by atoms with Crippen LogP contribution in [-0.2, 0) is 13.1 Å². The summed E-state index contributed by atoms with van der Waals surface area (Å²) in [6.07, 6.45) is 2.27. The minimum Gasteiger partial charge on any atom is -0.317 e. The molecule has 3 nitrogen and oxygen atoms in total. The first-order valence-electron chi connectivity index (χ1n) is 10.7. The zero-order valence-electron chi connectivity index (χ0n) is 17.9. The van der Waals surface area contributed by atoms with Gasteiger partial charge in [-0.3, -0.25) is 9.80 Å². The van der Waals surface area contributed by atoms with Crippen molar-refractivity contribution in [2.75, 3.05) is 26.2 Å². The van der Waals surface area contributed by atoms with Crippen molar-refractivity contribution < 1.29 is 0 Å². The van der Waals surface area contributed by atoms with Crippen molar-refractivity contribution in [2.45, 2.75) is 50.5 Å². The summed E-state index contributed by atoms with van der Waals surface area (Å²) in [5, 5.41) is 4.12. The lowest BCUT2D eigenvalue weighted by Crippen LogP contribution is -2.33. The Labute approximate surface area is 188 Å². The molecule has 2 rings (SSSR count). The van der Waals surface area contributed by atoms with Gasteiger partial charge in [0.2, 0.25) is 0 Å². The number of nitrogens with zero attached hydrogens (tertiary/aromatic N) is 2. The van der Waals surface area contributed by atoms with E-state index >= 15 is 0 Å². The third-order valence-corrected chi connectivity index (χ3v) is 5.76. The van der Waals surface area contributed by atoms with Crippen LogP contribution in [0.5, 0.6) is 0 Å². The van der Waals surface area contributed by atoms with Crippen molar-refractivity contribution in [3.8, 4) is 0 Å². The second-order valence-electron chi connectivity index (χ2n) is 7.63. The molecule has 0 amide bonds. The molecule has 2 aromatic carbocycles. The van der Waals surface area contributed by atoms with Gasteiger partial charge in [-0.15, -0.1) is 0 Å². The molecular weight excluding hydrogens is 394 g/mol. The van der Waals surface area contributed by atoms with Crippen molar-refractivity contribution in [3.05, 3.63) is 71.8 Å². The van der Waals surface area contributed by atoms with E-state index in [1.807, 2.05) is 0 Å². The summed E-state index contributed by atoms with van der Waals surface area (Å²) in [4.78, 5) is 4.84. The third kappa shape index (κ3) is 10.1. The maximum absolute atomic E-state index is 4.66. The van der Waals surface area contributed by atoms with Crippen LogP contribution in [0, 0.1) is 0 Å². The van der Waals surface area contributed by atoms with Gasteiger partial charge in [0.05, 0.1) is 10.7 Å². The Morgan fingerprint density at radius 3 is 1.41 bits per heavy atom. The maximum Gasteiger partial charge on any atom is 0.0502 e. The van der Waals surface area contributed by atoms with Gasteiger partial charge in [0, 0.05) is 26.2 Å². The molecule has 0 spiro atoms. The van der Waals surface area contributed by atoms with Crippen LogP contribution in [0.15, 0.2) is 60.7 Å². The second-order valence-corrected chi connectivity index (χ2v) is 9.13. The molecule has 0 heterocycles. The maximum atomic E-state index is 4.66. The Kier molecular flexibility index (Phi) is 11.8. The van der Waals surface area contributed by atoms with Crippen LogP contribution < -0.4 is 5.32 Å². The molecule has 0 fully saturated rings. The van der Waals surface area contributed by atoms with Gasteiger partial charge >= 0.3 is 0 Å². The minimum atomic E-state index is 0.263. The molecule has 0 saturated heterocycles. The molecule has 5 heteroatoms. The Morgan fingerprint density at radius 1 is 0.690 bits per heavy atom. The molecule has 0 saturated carbocycles. The molecule has 0 aliphatic rings. The van der Waals surface area contributed by atoms with E-state index in [9.17, 15) is 0 Å². The average Bonchev–Trinajstić information content (AvgIpc) is 2.72. The smallest absolute Gasteiger partial charge is 0.0502 e. The van der Waals surface area contributed by atoms with Gasteiger partial charge in [-0.1, -0.05) is 60.7 Å². The van der Waals surface area contributed by atoms with E-state index in [0.717, 1.165) is 52.1 Å². The van der Waals surface area contributed by atoms with E-state index in [4.69, 9.17) is 0 Å². The molecule has 0 aliphatic carbocycles. The van der Waals surface area contributed by atoms with Crippen LogP contribution >= 0.6 is 25.3 Å². The van der Waals surface area contributed by atoms with Crippen molar-refractivity contribution in [3.63, 3.8) is 0 Å². The quantitative estimate of drug-likeness (QED) is 0.224. The highest BCUT2D eigenvalue weighted by atomic mass is 32.1. The monoisotopic (exact) mass is 431 g/mol. The molecule has 2 aromatic rings. The van der Waals surface area contributed by atoms with Gasteiger partial charge in [-0.2, -0.15) is 25.3 Å². The number of rotatable bonds is 14. The summed E-state index contributed by atoms with van der Waals surface area (Å²) in [7, 11) is 0. The van der Waals surface area contributed by atoms with Gasteiger partial charge in [-0.05, 0) is 50.9 Å². The molecular formula is C24H37N3S2. The normalized spacial score (nSPS) is 13.7. The second kappa shape index (κ2) is 14.1. The number of hydrogen-bond acceptors (Lipinski definition) is 5. The SMILES string of the molecule is CC(S)N(CCCNCCCN(Cc1ccccc1)C(C)S)Cc1ccccc1. The van der Waals surface area contributed by atoms with E-state index in [1.54, 1.807) is 0 Å². The van der Waals surface area contributed by atoms with Gasteiger partial charge in [0.1, 0.15) is 0 Å². The van der Waals surface area contributed by atoms with Gasteiger partial charge < -0.3 is 5.32 Å². The van der Waals surface area contributed by atoms with Crippen LogP contribution in [0.4, 0.5) is 0 Å². The zero-order chi connectivity index (χ0) is 20.9. The average molecular weight is 432 g/mol. The number of benzene rings is 2. The summed E-state index contributed by atoms with van der Waals surface area (Å²) < 4.78 is 0. The molecule has 2 unspecified atom stereocenters. The Bertz CT molecular complexity index is 592. The first kappa shape index (κ1) is 24.3. The fourth-order valence-corrected chi connectivity index (χ4v) is 3.77. The fraction of sp³-hybridized carbons (Fsp3) is 0.500. The summed E-state index contributed by atoms with van der Waals surface area (Å²) in [5.74, 6) is 0. The molecule has 160 valence electrons. The van der Waals surface area contributed by atoms with Gasteiger partial charge in [0.25, 0.3) is 0 Å². The Hall–Kier alpha value is -0.980. The van der Waals surface area contributed by atoms with Crippen LogP contribution in [-0.4, -0.2) is 46.7 Å². The van der Waals surface area contributed by atoms with Crippen LogP contribution in [0.2, 0.25) is 0 Å². The molecule has 0 aliphatic heterocycles. The zero-order valence-corrected chi connectivity index (χ0v) is 19.7. The fourth-order valence-electron chi connectivity index (χ4n) is 3.37. The molecule has 0 aromatic heterocycles. The Balaban J connectivity index is 1.61. The first-order chi connectivity index (χ1) is 14.1. The number of nitrogens with one attached hydrogen (secondary N) is 1. The van der Waals surface area contributed by atoms with E-state index in [2.05, 4.69) is 115 Å². The van der Waals surface area contributed by atoms with Crippen molar-refractivity contribution in [1.82, 2.24) is 15.1 Å². The van der Waals surface area contributed by atoms with E-state index < -0.39 is 0 Å². The number of thiol groups is 2. The van der Waals surface area contributed by atoms with Crippen molar-refractivity contribution >= 4 is 25.3 Å². The van der Waals surface area contributed by atoms with Crippen LogP contribution in [0.3, 0.4) is 0 Å². The number of hydrogen-bond donors (Lipinski definition) is 3. The Morgan fingerprint density at radius 2 is 1.07 bits per heavy atom. The highest BCUT2D eigenvalue weighted by Crippen LogP contribution is 2.12. The van der Waals surface area contributed by atoms with Crippen LogP contribution in [0.25, 0.3) is 0 Å². The van der Waals surface area contributed by atoms with Gasteiger partial charge in [-0.25, -0.2) is 0 Å². The standard InChI is InChI=1S/C24H37N3S2/c1-21(28)26(19-23-11-5-3-6-12-23)17-9-15-25-16-10-18-27(22(2)29)20-24-13-7-4-8-14-24/h3-8,11-14,21-22,25,28-29H,9-10,15-20H2,1-2H3. The van der Waals surface area contributed by atoms with E-state index in [1.165, 1.54) is 11.1 Å². The summed E-state index contributed by atoms with van der Waals surface area (Å²) in [6.45, 7) is 10.4. The predicted molar refractivity (Wildman–Crippen MR) is 133 cm³/mol. The molecule has 29 heavy (non-hydrogen) atoms. The summed E-state index contributed by atoms with van der Waals surface area (Å²) in [5.41, 5.74) is 2.70. The largest absolute Gasteiger partial charge is 0.317 e. The third-order valence-electron chi connectivity index (χ3n) is 5.11. The summed E-state index contributed by atoms with van der Waals surface area (Å²) >= 11 is 9.31. The van der Waals surface area contributed by atoms with Gasteiger partial charge in [0.15, 0.2) is 0 Å². The lowest BCUT2D eigenvalue weighted by molar-refractivity contribution is 0.249. The van der Waals surface area contributed by atoms with Crippen LogP contribution in [0.1, 0.15) is 37.8 Å². The van der Waals surface area contributed by atoms with E-state index in [0.29, 0.717) is 0 Å². The molecule has 1 N–H and O–H groups in total. The molecule has 0 radical (unpaired) electrons. The van der Waals surface area contributed by atoms with Crippen molar-refractivity contribution in [2.24, 2.45) is 0 Å². The highest BCUT2D eigenvalue weighted by molar-refractivity contribution is 7.81. The highest BCUT2D eigenvalue weighted by Gasteiger charge is 2.11. The minimum absolute atomic E-state index is 0.263. The van der Waals surface area contributed by atoms with E-state index in [-0.39, 0.29) is 10.7 Å². The van der Waals surface area contributed by atoms with Crippen molar-refractivity contribution in [1.29, 1.82) is 0 Å². The lowest BCUT2D eigenvalue weighted by atomic mass is 10.2. The lowest BCUT2D eigenvalue weighted by Gasteiger charge is -2.26. The molecule has 2 atom stereocenters. The predicted octanol–water partition coefficient (Wildman–Crippen LogP) is 4.91. The first-order valence-corrected chi connectivity index (χ1v) is 11.7. The summed E-state index contributed by atoms with van der Waals surface area (Å²) in [6, 6.07) is 21.3. The molecule has 0 bridgehead atoms. The topological polar surface area (TPSA) is 18.5 Å².